The average Bonchev–Trinajstić information content (AvgIpc) is 3.26. The number of hydrogen-bond donors (Lipinski definition) is 0. The summed E-state index contributed by atoms with van der Waals surface area (Å²) in [7, 11) is 0. The maximum Gasteiger partial charge on any atom is 0.308 e. The van der Waals surface area contributed by atoms with Crippen molar-refractivity contribution in [3.05, 3.63) is 158 Å². The van der Waals surface area contributed by atoms with E-state index in [1.54, 1.807) is 6.08 Å². The van der Waals surface area contributed by atoms with Gasteiger partial charge >= 0.3 is 5.97 Å². The van der Waals surface area contributed by atoms with Crippen LogP contribution in [0.2, 0.25) is 0 Å². The third-order valence-corrected chi connectivity index (χ3v) is 9.74. The van der Waals surface area contributed by atoms with Crippen LogP contribution in [-0.2, 0) is 33.9 Å². The summed E-state index contributed by atoms with van der Waals surface area (Å²) in [4.78, 5) is 11.4. The van der Waals surface area contributed by atoms with Crippen LogP contribution >= 0.6 is 0 Å². The Kier molecular flexibility index (Phi) is 32.2. The second kappa shape index (κ2) is 33.5. The minimum absolute atomic E-state index is 0. The van der Waals surface area contributed by atoms with Crippen molar-refractivity contribution in [1.82, 2.24) is 0 Å². The number of fused-ring (bicyclic) bond motifs is 1. The van der Waals surface area contributed by atoms with Crippen LogP contribution < -0.4 is 50.9 Å². The molecule has 5 rings (SSSR count). The highest BCUT2D eigenvalue weighted by molar-refractivity contribution is 5.85. The van der Waals surface area contributed by atoms with Crippen LogP contribution in [0, 0.1) is 5.92 Å². The number of ether oxygens (including phenoxy) is 2. The van der Waals surface area contributed by atoms with E-state index in [1.165, 1.54) is 28.5 Å². The Hall–Kier alpha value is -4.33. The molecule has 3 unspecified atom stereocenters. The van der Waals surface area contributed by atoms with Crippen molar-refractivity contribution >= 4 is 35.1 Å². The van der Waals surface area contributed by atoms with Crippen LogP contribution in [0.15, 0.2) is 136 Å². The molecule has 5 aromatic rings. The zero-order chi connectivity index (χ0) is 41.1. The second-order valence-electron chi connectivity index (χ2n) is 13.7. The van der Waals surface area contributed by atoms with E-state index in [0.717, 1.165) is 43.7 Å². The molecule has 0 fully saturated rings. The predicted octanol–water partition coefficient (Wildman–Crippen LogP) is 1.64. The molecule has 2 aromatic carbocycles. The van der Waals surface area contributed by atoms with E-state index in [-0.39, 0.29) is 49.1 Å². The Morgan fingerprint density at radius 3 is 1.63 bits per heavy atom. The summed E-state index contributed by atoms with van der Waals surface area (Å²) >= 11 is 0. The Bertz CT molecular complexity index is 1870. The number of hydrogen-bond acceptors (Lipinski definition) is 3. The van der Waals surface area contributed by atoms with Gasteiger partial charge in [0, 0.05) is 36.4 Å². The van der Waals surface area contributed by atoms with Crippen molar-refractivity contribution < 1.29 is 65.2 Å². The van der Waals surface area contributed by atoms with Crippen molar-refractivity contribution in [1.29, 1.82) is 0 Å². The van der Waals surface area contributed by atoms with E-state index in [4.69, 9.17) is 9.47 Å². The lowest BCUT2D eigenvalue weighted by atomic mass is 9.99. The van der Waals surface area contributed by atoms with Crippen LogP contribution in [0.3, 0.4) is 0 Å². The van der Waals surface area contributed by atoms with Gasteiger partial charge < -0.3 is 46.7 Å². The van der Waals surface area contributed by atoms with Crippen molar-refractivity contribution in [2.45, 2.75) is 99.4 Å². The molecule has 0 aliphatic carbocycles. The first-order chi connectivity index (χ1) is 27.1. The molecule has 3 heterocycles. The molecule has 0 N–H and O–H groups in total. The van der Waals surface area contributed by atoms with E-state index in [1.807, 2.05) is 55.1 Å². The van der Waals surface area contributed by atoms with Crippen molar-refractivity contribution in [2.24, 2.45) is 5.92 Å². The fourth-order valence-corrected chi connectivity index (χ4v) is 5.33. The number of carbonyl (C=O) groups excluding carboxylic acids is 1. The summed E-state index contributed by atoms with van der Waals surface area (Å²) in [5.41, 5.74) is 6.15. The van der Waals surface area contributed by atoms with E-state index in [9.17, 15) is 4.79 Å². The third kappa shape index (κ3) is 21.5. The lowest BCUT2D eigenvalue weighted by molar-refractivity contribution is -0.698. The first-order valence-electron chi connectivity index (χ1n) is 20.2. The van der Waals surface area contributed by atoms with Gasteiger partial charge in [-0.05, 0) is 67.3 Å². The smallest absolute Gasteiger partial charge is 0.308 e. The maximum atomic E-state index is 11.4. The summed E-state index contributed by atoms with van der Waals surface area (Å²) in [6.45, 7) is 29.8. The molecular weight excluding hydrogens is 797 g/mol. The van der Waals surface area contributed by atoms with E-state index < -0.39 is 0 Å². The molecule has 0 saturated carbocycles. The zero-order valence-electron chi connectivity index (χ0n) is 36.4. The van der Waals surface area contributed by atoms with Gasteiger partial charge in [-0.25, -0.2) is 9.13 Å². The normalized spacial score (nSPS) is 11.2. The molecule has 0 saturated heterocycles. The second-order valence-corrected chi connectivity index (χ2v) is 13.7. The van der Waals surface area contributed by atoms with Gasteiger partial charge in [0.05, 0.1) is 17.4 Å². The zero-order valence-corrected chi connectivity index (χ0v) is 38.7. The molecule has 322 valence electrons. The number of carbonyl (C=O) groups is 1. The van der Waals surface area contributed by atoms with Gasteiger partial charge in [-0.15, -0.1) is 0 Å². The summed E-state index contributed by atoms with van der Waals surface area (Å²) < 4.78 is 17.1. The first-order valence-corrected chi connectivity index (χ1v) is 20.2. The van der Waals surface area contributed by atoms with Gasteiger partial charge in [-0.1, -0.05) is 115 Å². The van der Waals surface area contributed by atoms with Gasteiger partial charge in [-0.2, -0.15) is 4.57 Å². The van der Waals surface area contributed by atoms with Gasteiger partial charge in [0.15, 0.2) is 50.7 Å². The van der Waals surface area contributed by atoms with Crippen LogP contribution in [0.25, 0.3) is 29.1 Å². The first kappa shape index (κ1) is 56.8. The summed E-state index contributed by atoms with van der Waals surface area (Å²) in [5, 5.41) is 1.27. The SMILES string of the molecule is C=Cc1cc[n+](CC)c2ccccc12.C=Cc1cc[n+](CCOC(=O)C(C)CC)cc1.C=Cc1cc[n+](CCOC(C)CC)cc1.CCC(C)c1ccccc1.[Cl-].[Cl-].[Cl-]. The van der Waals surface area contributed by atoms with E-state index in [2.05, 4.69) is 155 Å². The number of esters is 1. The topological polar surface area (TPSA) is 47.2 Å². The van der Waals surface area contributed by atoms with Gasteiger partial charge in [-0.3, -0.25) is 4.79 Å². The Balaban J connectivity index is 0. The highest BCUT2D eigenvalue weighted by Gasteiger charge is 2.12. The largest absolute Gasteiger partial charge is 1.00 e. The van der Waals surface area contributed by atoms with Crippen LogP contribution in [0.4, 0.5) is 0 Å². The van der Waals surface area contributed by atoms with Crippen LogP contribution in [-0.4, -0.2) is 25.3 Å². The molecule has 0 bridgehead atoms. The summed E-state index contributed by atoms with van der Waals surface area (Å²) in [6.07, 6.45) is 19.1. The Labute approximate surface area is 374 Å². The molecule has 3 aromatic heterocycles. The average molecular weight is 865 g/mol. The Morgan fingerprint density at radius 2 is 1.15 bits per heavy atom. The maximum absolute atomic E-state index is 11.4. The van der Waals surface area contributed by atoms with Crippen molar-refractivity contribution in [3.8, 4) is 0 Å². The number of nitrogens with zero attached hydrogens (tertiary/aromatic N) is 3. The minimum atomic E-state index is -0.115. The van der Waals surface area contributed by atoms with E-state index in [0.29, 0.717) is 25.2 Å². The molecule has 0 amide bonds. The monoisotopic (exact) mass is 863 g/mol. The van der Waals surface area contributed by atoms with Gasteiger partial charge in [0.1, 0.15) is 13.2 Å². The molecule has 6 nitrogen and oxygen atoms in total. The molecule has 0 aliphatic rings. The van der Waals surface area contributed by atoms with Crippen molar-refractivity contribution in [2.75, 3.05) is 13.2 Å². The number of aromatic nitrogens is 3. The number of rotatable bonds is 16. The molecule has 9 heteroatoms. The molecule has 0 aliphatic heterocycles. The highest BCUT2D eigenvalue weighted by Crippen LogP contribution is 2.17. The van der Waals surface area contributed by atoms with Gasteiger partial charge in [0.2, 0.25) is 5.52 Å². The molecule has 3 atom stereocenters. The van der Waals surface area contributed by atoms with Gasteiger partial charge in [0.25, 0.3) is 0 Å². The molecule has 0 radical (unpaired) electrons. The fourth-order valence-electron chi connectivity index (χ4n) is 5.33. The minimum Gasteiger partial charge on any atom is -1.00 e. The number of aryl methyl sites for hydroxylation is 1. The fraction of sp³-hybridized carbons (Fsp3) is 0.360. The van der Waals surface area contributed by atoms with Crippen molar-refractivity contribution in [3.63, 3.8) is 0 Å². The van der Waals surface area contributed by atoms with Crippen LogP contribution in [0.5, 0.6) is 0 Å². The summed E-state index contributed by atoms with van der Waals surface area (Å²) in [5.74, 6) is 0.583. The number of para-hydroxylation sites is 1. The highest BCUT2D eigenvalue weighted by atomic mass is 35.5. The molecule has 0 spiro atoms. The Morgan fingerprint density at radius 1 is 0.627 bits per heavy atom. The number of halogens is 3. The number of benzene rings is 2. The van der Waals surface area contributed by atoms with Crippen LogP contribution in [0.1, 0.15) is 95.9 Å². The summed E-state index contributed by atoms with van der Waals surface area (Å²) in [6, 6.07) is 29.2. The lowest BCUT2D eigenvalue weighted by Crippen LogP contribution is -3.00. The number of pyridine rings is 3. The molecular formula is C50H68Cl3N3O3. The third-order valence-electron chi connectivity index (χ3n) is 9.74. The molecule has 59 heavy (non-hydrogen) atoms. The van der Waals surface area contributed by atoms with E-state index >= 15 is 0 Å². The quantitative estimate of drug-likeness (QED) is 0.112. The lowest BCUT2D eigenvalue weighted by Gasteiger charge is -2.08. The standard InChI is InChI=1S/C14H20NO2.C13H20NO.C13H14N.C10H14.3ClH/c1-4-12(3)14(16)17-11-10-15-8-6-13(5-2)7-9-15;1-4-12(3)15-11-10-14-8-6-13(5-2)7-9-14;1-3-11-9-10-14(4-2)13-8-6-5-7-12(11)13;1-3-9(2)10-7-5-4-6-8-10;;;/h5-9,12H,2,4,10-11H2,1,3H3;5-9,12H,2,4,10-11H2,1,3H3;3,5-10H,1,4H2,2H3;4-9H,3H2,1-2H3;3*1H/q3*+1;;;;/p-3. The predicted molar refractivity (Wildman–Crippen MR) is 235 cm³/mol.